The van der Waals surface area contributed by atoms with E-state index in [0.717, 1.165) is 17.7 Å². The van der Waals surface area contributed by atoms with Gasteiger partial charge < -0.3 is 9.84 Å². The first-order chi connectivity index (χ1) is 7.76. The lowest BCUT2D eigenvalue weighted by molar-refractivity contribution is 0.00516. The molecule has 4 unspecified atom stereocenters. The van der Waals surface area contributed by atoms with E-state index in [-0.39, 0.29) is 12.2 Å². The first-order valence-electron chi connectivity index (χ1n) is 5.39. The van der Waals surface area contributed by atoms with Crippen molar-refractivity contribution in [1.29, 1.82) is 5.26 Å². The summed E-state index contributed by atoms with van der Waals surface area (Å²) in [5.41, 5.74) is 0.924. The molecule has 84 valence electrons. The summed E-state index contributed by atoms with van der Waals surface area (Å²) in [7, 11) is 0. The number of rotatable bonds is 2. The van der Waals surface area contributed by atoms with E-state index in [0.29, 0.717) is 6.42 Å². The second-order valence-corrected chi connectivity index (χ2v) is 5.40. The Morgan fingerprint density at radius 3 is 3.06 bits per heavy atom. The molecule has 2 saturated heterocycles. The van der Waals surface area contributed by atoms with Gasteiger partial charge in [0.15, 0.2) is 0 Å². The number of hydrogen-bond acceptors (Lipinski definition) is 5. The highest BCUT2D eigenvalue weighted by molar-refractivity contribution is 7.09. The molecule has 2 aliphatic heterocycles. The van der Waals surface area contributed by atoms with Crippen molar-refractivity contribution in [2.24, 2.45) is 5.41 Å². The second kappa shape index (κ2) is 3.52. The average Bonchev–Trinajstić information content (AvgIpc) is 3.03. The number of aliphatic hydroxyl groups is 1. The van der Waals surface area contributed by atoms with Gasteiger partial charge in [0.05, 0.1) is 28.7 Å². The van der Waals surface area contributed by atoms with Crippen LogP contribution in [0.4, 0.5) is 0 Å². The first kappa shape index (κ1) is 10.2. The Morgan fingerprint density at radius 2 is 2.56 bits per heavy atom. The van der Waals surface area contributed by atoms with Crippen molar-refractivity contribution >= 4 is 11.3 Å². The third-order valence-corrected chi connectivity index (χ3v) is 4.49. The van der Waals surface area contributed by atoms with Crippen LogP contribution in [-0.2, 0) is 4.74 Å². The van der Waals surface area contributed by atoms with Gasteiger partial charge in [0, 0.05) is 6.20 Å². The van der Waals surface area contributed by atoms with Gasteiger partial charge in [-0.25, -0.2) is 0 Å². The molecule has 2 bridgehead atoms. The van der Waals surface area contributed by atoms with Gasteiger partial charge in [-0.3, -0.25) is 4.98 Å². The van der Waals surface area contributed by atoms with E-state index in [4.69, 9.17) is 4.74 Å². The highest BCUT2D eigenvalue weighted by atomic mass is 32.1. The lowest BCUT2D eigenvalue weighted by atomic mass is 9.71. The Bertz CT molecular complexity index is 428. The summed E-state index contributed by atoms with van der Waals surface area (Å²) >= 11 is 1.39. The highest BCUT2D eigenvalue weighted by Crippen LogP contribution is 2.54. The third-order valence-electron chi connectivity index (χ3n) is 3.66. The van der Waals surface area contributed by atoms with Crippen molar-refractivity contribution < 1.29 is 9.84 Å². The number of aliphatic hydroxyl groups excluding tert-OH is 1. The molecular weight excluding hydrogens is 224 g/mol. The van der Waals surface area contributed by atoms with Gasteiger partial charge >= 0.3 is 0 Å². The van der Waals surface area contributed by atoms with Gasteiger partial charge in [0.2, 0.25) is 0 Å². The van der Waals surface area contributed by atoms with E-state index in [2.05, 4.69) is 11.1 Å². The quantitative estimate of drug-likeness (QED) is 0.847. The molecule has 3 heterocycles. The fraction of sp³-hybridized carbons (Fsp3) is 0.636. The van der Waals surface area contributed by atoms with E-state index < -0.39 is 11.5 Å². The summed E-state index contributed by atoms with van der Waals surface area (Å²) in [5.74, 6) is 0. The Labute approximate surface area is 97.5 Å². The fourth-order valence-electron chi connectivity index (χ4n) is 2.82. The van der Waals surface area contributed by atoms with Crippen LogP contribution in [0.2, 0.25) is 0 Å². The molecule has 1 aromatic rings. The number of hydrogen-bond donors (Lipinski definition) is 1. The maximum Gasteiger partial charge on any atom is 0.117 e. The van der Waals surface area contributed by atoms with E-state index in [1.54, 1.807) is 11.7 Å². The standard InChI is InChI=1S/C11H12N2O2S/c12-5-11(3-7-1-2-9(11)15-7)10(14)8-4-13-6-16-8/h4,6-7,9-10,14H,1-3H2. The Balaban J connectivity index is 1.95. The van der Waals surface area contributed by atoms with Crippen LogP contribution in [0.3, 0.4) is 0 Å². The number of thiazole rings is 1. The number of ether oxygens (including phenoxy) is 1. The molecule has 16 heavy (non-hydrogen) atoms. The lowest BCUT2D eigenvalue weighted by Crippen LogP contribution is -2.36. The van der Waals surface area contributed by atoms with Crippen LogP contribution in [0.15, 0.2) is 11.7 Å². The Morgan fingerprint density at radius 1 is 1.69 bits per heavy atom. The maximum absolute atomic E-state index is 10.3. The van der Waals surface area contributed by atoms with Crippen molar-refractivity contribution in [2.45, 2.75) is 37.6 Å². The number of nitrogens with zero attached hydrogens (tertiary/aromatic N) is 2. The van der Waals surface area contributed by atoms with Crippen molar-refractivity contribution in [2.75, 3.05) is 0 Å². The van der Waals surface area contributed by atoms with Gasteiger partial charge in [-0.05, 0) is 19.3 Å². The summed E-state index contributed by atoms with van der Waals surface area (Å²) < 4.78 is 5.70. The van der Waals surface area contributed by atoms with Crippen LogP contribution >= 0.6 is 11.3 Å². The van der Waals surface area contributed by atoms with Crippen molar-refractivity contribution in [3.63, 3.8) is 0 Å². The third kappa shape index (κ3) is 1.24. The van der Waals surface area contributed by atoms with Crippen LogP contribution in [0.5, 0.6) is 0 Å². The molecule has 2 aliphatic rings. The summed E-state index contributed by atoms with van der Waals surface area (Å²) in [6.45, 7) is 0. The van der Waals surface area contributed by atoms with Crippen LogP contribution in [-0.4, -0.2) is 22.3 Å². The minimum Gasteiger partial charge on any atom is -0.386 e. The Hall–Kier alpha value is -0.960. The molecule has 1 aromatic heterocycles. The molecule has 0 saturated carbocycles. The van der Waals surface area contributed by atoms with Crippen molar-refractivity contribution in [1.82, 2.24) is 4.98 Å². The Kier molecular flexibility index (Phi) is 2.25. The van der Waals surface area contributed by atoms with E-state index in [9.17, 15) is 10.4 Å². The molecule has 3 rings (SSSR count). The number of aromatic nitrogens is 1. The molecule has 0 spiro atoms. The summed E-state index contributed by atoms with van der Waals surface area (Å²) in [5, 5.41) is 19.8. The number of fused-ring (bicyclic) bond motifs is 2. The van der Waals surface area contributed by atoms with Gasteiger partial charge in [0.1, 0.15) is 11.5 Å². The minimum absolute atomic E-state index is 0.111. The van der Waals surface area contributed by atoms with E-state index in [1.807, 2.05) is 0 Å². The average molecular weight is 236 g/mol. The van der Waals surface area contributed by atoms with Gasteiger partial charge in [-0.1, -0.05) is 0 Å². The topological polar surface area (TPSA) is 66.1 Å². The molecule has 4 atom stereocenters. The van der Waals surface area contributed by atoms with Gasteiger partial charge in [0.25, 0.3) is 0 Å². The zero-order chi connectivity index (χ0) is 11.2. The molecule has 2 fully saturated rings. The van der Waals surface area contributed by atoms with Crippen molar-refractivity contribution in [3.8, 4) is 6.07 Å². The smallest absolute Gasteiger partial charge is 0.117 e. The van der Waals surface area contributed by atoms with Crippen LogP contribution < -0.4 is 0 Å². The summed E-state index contributed by atoms with van der Waals surface area (Å²) in [6.07, 6.45) is 3.47. The van der Waals surface area contributed by atoms with E-state index >= 15 is 0 Å². The SMILES string of the molecule is N#CC1(C(O)c2cncs2)CC2CCC1O2. The fourth-order valence-corrected chi connectivity index (χ4v) is 3.53. The molecule has 0 aliphatic carbocycles. The van der Waals surface area contributed by atoms with Crippen molar-refractivity contribution in [3.05, 3.63) is 16.6 Å². The maximum atomic E-state index is 10.3. The predicted octanol–water partition coefficient (Wildman–Crippen LogP) is 1.64. The lowest BCUT2D eigenvalue weighted by Gasteiger charge is -2.32. The van der Waals surface area contributed by atoms with Crippen LogP contribution in [0, 0.1) is 16.7 Å². The monoisotopic (exact) mass is 236 g/mol. The molecular formula is C11H12N2O2S. The minimum atomic E-state index is -0.764. The molecule has 4 nitrogen and oxygen atoms in total. The molecule has 0 amide bonds. The zero-order valence-corrected chi connectivity index (χ0v) is 9.48. The highest BCUT2D eigenvalue weighted by Gasteiger charge is 2.57. The summed E-state index contributed by atoms with van der Waals surface area (Å²) in [6, 6.07) is 2.30. The van der Waals surface area contributed by atoms with E-state index in [1.165, 1.54) is 11.3 Å². The first-order valence-corrected chi connectivity index (χ1v) is 6.27. The second-order valence-electron chi connectivity index (χ2n) is 4.49. The summed E-state index contributed by atoms with van der Waals surface area (Å²) in [4.78, 5) is 4.71. The van der Waals surface area contributed by atoms with Gasteiger partial charge in [-0.2, -0.15) is 5.26 Å². The molecule has 0 radical (unpaired) electrons. The van der Waals surface area contributed by atoms with Crippen LogP contribution in [0.25, 0.3) is 0 Å². The van der Waals surface area contributed by atoms with Gasteiger partial charge in [-0.15, -0.1) is 11.3 Å². The molecule has 0 aromatic carbocycles. The zero-order valence-electron chi connectivity index (χ0n) is 8.67. The van der Waals surface area contributed by atoms with Crippen LogP contribution in [0.1, 0.15) is 30.2 Å². The normalized spacial score (nSPS) is 38.5. The molecule has 1 N–H and O–H groups in total. The predicted molar refractivity (Wildman–Crippen MR) is 57.6 cm³/mol. The largest absolute Gasteiger partial charge is 0.386 e. The molecule has 5 heteroatoms. The number of nitriles is 1.